The van der Waals surface area contributed by atoms with Gasteiger partial charge in [-0.2, -0.15) is 15.0 Å². The Kier molecular flexibility index (Phi) is 12.1. The first-order chi connectivity index (χ1) is 16.4. The standard InChI is InChI=1S/C21H32F3N7O3/c1-2-3-9-26-18-29-19(27-10-12-33-14-13-32-11-8-25)31-20(30-18)28-15-16-4-6-17(7-5-16)34-21(22,23)24/h4-7H,2-3,8-15,25H2,1H3,(H3,26,27,28,29,30,31). The van der Waals surface area contributed by atoms with E-state index in [1.54, 1.807) is 0 Å². The van der Waals surface area contributed by atoms with Crippen LogP contribution < -0.4 is 26.4 Å². The van der Waals surface area contributed by atoms with Crippen molar-refractivity contribution in [2.75, 3.05) is 62.0 Å². The number of rotatable bonds is 17. The highest BCUT2D eigenvalue weighted by molar-refractivity contribution is 5.42. The fourth-order valence-electron chi connectivity index (χ4n) is 2.62. The van der Waals surface area contributed by atoms with E-state index < -0.39 is 6.36 Å². The summed E-state index contributed by atoms with van der Waals surface area (Å²) in [6.07, 6.45) is -2.74. The van der Waals surface area contributed by atoms with Crippen LogP contribution in [0.15, 0.2) is 24.3 Å². The minimum absolute atomic E-state index is 0.279. The first-order valence-electron chi connectivity index (χ1n) is 11.1. The lowest BCUT2D eigenvalue weighted by atomic mass is 10.2. The van der Waals surface area contributed by atoms with Gasteiger partial charge in [0.15, 0.2) is 0 Å². The van der Waals surface area contributed by atoms with Crippen molar-refractivity contribution in [1.82, 2.24) is 15.0 Å². The molecule has 10 nitrogen and oxygen atoms in total. The zero-order chi connectivity index (χ0) is 24.7. The van der Waals surface area contributed by atoms with Crippen LogP contribution >= 0.6 is 0 Å². The van der Waals surface area contributed by atoms with Gasteiger partial charge in [-0.1, -0.05) is 25.5 Å². The fraction of sp³-hybridized carbons (Fsp3) is 0.571. The first kappa shape index (κ1) is 27.3. The van der Waals surface area contributed by atoms with Gasteiger partial charge < -0.3 is 35.9 Å². The van der Waals surface area contributed by atoms with Crippen molar-refractivity contribution in [1.29, 1.82) is 0 Å². The Balaban J connectivity index is 1.90. The Morgan fingerprint density at radius 3 is 2.00 bits per heavy atom. The predicted molar refractivity (Wildman–Crippen MR) is 123 cm³/mol. The van der Waals surface area contributed by atoms with E-state index in [0.29, 0.717) is 70.5 Å². The predicted octanol–water partition coefficient (Wildman–Crippen LogP) is 3.00. The first-order valence-corrected chi connectivity index (χ1v) is 11.1. The van der Waals surface area contributed by atoms with Crippen molar-refractivity contribution in [3.63, 3.8) is 0 Å². The van der Waals surface area contributed by atoms with Crippen molar-refractivity contribution in [2.24, 2.45) is 5.73 Å². The number of halogens is 3. The number of nitrogens with two attached hydrogens (primary N) is 1. The molecule has 1 aromatic carbocycles. The van der Waals surface area contributed by atoms with Gasteiger partial charge in [-0.15, -0.1) is 13.2 Å². The van der Waals surface area contributed by atoms with E-state index in [9.17, 15) is 13.2 Å². The van der Waals surface area contributed by atoms with Gasteiger partial charge >= 0.3 is 6.36 Å². The monoisotopic (exact) mass is 487 g/mol. The number of aromatic nitrogens is 3. The van der Waals surface area contributed by atoms with Crippen LogP contribution in [0.25, 0.3) is 0 Å². The van der Waals surface area contributed by atoms with Crippen LogP contribution in [0.5, 0.6) is 5.75 Å². The smallest absolute Gasteiger partial charge is 0.406 e. The number of hydrogen-bond acceptors (Lipinski definition) is 10. The van der Waals surface area contributed by atoms with E-state index >= 15 is 0 Å². The molecule has 0 amide bonds. The summed E-state index contributed by atoms with van der Waals surface area (Å²) in [5.41, 5.74) is 6.08. The Labute approximate surface area is 196 Å². The Hall–Kier alpha value is -2.90. The number of hydrogen-bond donors (Lipinski definition) is 4. The quantitative estimate of drug-likeness (QED) is 0.247. The normalized spacial score (nSPS) is 11.3. The number of alkyl halides is 3. The molecular weight excluding hydrogens is 455 g/mol. The van der Waals surface area contributed by atoms with Crippen molar-refractivity contribution >= 4 is 17.8 Å². The second-order valence-electron chi connectivity index (χ2n) is 7.07. The highest BCUT2D eigenvalue weighted by Crippen LogP contribution is 2.23. The average Bonchev–Trinajstić information content (AvgIpc) is 2.79. The summed E-state index contributed by atoms with van der Waals surface area (Å²) in [4.78, 5) is 13.1. The van der Waals surface area contributed by atoms with E-state index in [0.717, 1.165) is 18.4 Å². The highest BCUT2D eigenvalue weighted by atomic mass is 19.4. The fourth-order valence-corrected chi connectivity index (χ4v) is 2.62. The molecule has 1 heterocycles. The third-order valence-electron chi connectivity index (χ3n) is 4.22. The van der Waals surface area contributed by atoms with Crippen LogP contribution in [0, 0.1) is 0 Å². The third kappa shape index (κ3) is 11.8. The van der Waals surface area contributed by atoms with Gasteiger partial charge in [0.25, 0.3) is 0 Å². The lowest BCUT2D eigenvalue weighted by molar-refractivity contribution is -0.274. The van der Waals surface area contributed by atoms with Crippen LogP contribution in [0.3, 0.4) is 0 Å². The molecule has 190 valence electrons. The molecule has 0 atom stereocenters. The topological polar surface area (TPSA) is 128 Å². The number of ether oxygens (including phenoxy) is 3. The molecule has 0 bridgehead atoms. The zero-order valence-corrected chi connectivity index (χ0v) is 19.2. The van der Waals surface area contributed by atoms with E-state index in [-0.39, 0.29) is 5.75 Å². The molecular formula is C21H32F3N7O3. The number of nitrogens with zero attached hydrogens (tertiary/aromatic N) is 3. The SMILES string of the molecule is CCCCNc1nc(NCCOCCOCCN)nc(NCc2ccc(OC(F)(F)F)cc2)n1. The molecule has 0 aliphatic carbocycles. The minimum atomic E-state index is -4.72. The molecule has 5 N–H and O–H groups in total. The van der Waals surface area contributed by atoms with Crippen LogP contribution in [0.2, 0.25) is 0 Å². The molecule has 0 saturated heterocycles. The summed E-state index contributed by atoms with van der Waals surface area (Å²) < 4.78 is 51.5. The lowest BCUT2D eigenvalue weighted by Gasteiger charge is -2.12. The van der Waals surface area contributed by atoms with Gasteiger partial charge in [-0.25, -0.2) is 0 Å². The Morgan fingerprint density at radius 1 is 0.824 bits per heavy atom. The molecule has 0 saturated carbocycles. The number of anilines is 3. The zero-order valence-electron chi connectivity index (χ0n) is 19.2. The minimum Gasteiger partial charge on any atom is -0.406 e. The number of unbranched alkanes of at least 4 members (excludes halogenated alkanes) is 1. The molecule has 0 spiro atoms. The Bertz CT molecular complexity index is 826. The van der Waals surface area contributed by atoms with Crippen molar-refractivity contribution in [2.45, 2.75) is 32.7 Å². The van der Waals surface area contributed by atoms with Gasteiger partial charge in [0.05, 0.1) is 26.4 Å². The van der Waals surface area contributed by atoms with Crippen LogP contribution in [-0.4, -0.2) is 67.4 Å². The van der Waals surface area contributed by atoms with Gasteiger partial charge in [0, 0.05) is 26.2 Å². The third-order valence-corrected chi connectivity index (χ3v) is 4.22. The van der Waals surface area contributed by atoms with E-state index in [2.05, 4.69) is 42.6 Å². The van der Waals surface area contributed by atoms with Crippen LogP contribution in [-0.2, 0) is 16.0 Å². The van der Waals surface area contributed by atoms with Gasteiger partial charge in [-0.3, -0.25) is 0 Å². The van der Waals surface area contributed by atoms with E-state index in [1.807, 2.05) is 0 Å². The molecule has 1 aromatic heterocycles. The van der Waals surface area contributed by atoms with Gasteiger partial charge in [0.1, 0.15) is 5.75 Å². The second-order valence-corrected chi connectivity index (χ2v) is 7.07. The molecule has 0 aliphatic rings. The summed E-state index contributed by atoms with van der Waals surface area (Å²) in [6.45, 7) is 5.93. The van der Waals surface area contributed by atoms with Gasteiger partial charge in [0.2, 0.25) is 17.8 Å². The number of benzene rings is 1. The molecule has 34 heavy (non-hydrogen) atoms. The maximum absolute atomic E-state index is 12.3. The van der Waals surface area contributed by atoms with E-state index in [4.69, 9.17) is 15.2 Å². The molecule has 0 radical (unpaired) electrons. The highest BCUT2D eigenvalue weighted by Gasteiger charge is 2.30. The molecule has 0 fully saturated rings. The summed E-state index contributed by atoms with van der Waals surface area (Å²) in [6, 6.07) is 5.57. The maximum Gasteiger partial charge on any atom is 0.573 e. The molecule has 2 aromatic rings. The second kappa shape index (κ2) is 15.1. The largest absolute Gasteiger partial charge is 0.573 e. The summed E-state index contributed by atoms with van der Waals surface area (Å²) in [7, 11) is 0. The summed E-state index contributed by atoms with van der Waals surface area (Å²) in [5, 5.41) is 9.32. The van der Waals surface area contributed by atoms with Crippen molar-refractivity contribution < 1.29 is 27.4 Å². The van der Waals surface area contributed by atoms with Crippen molar-refractivity contribution in [3.8, 4) is 5.75 Å². The summed E-state index contributed by atoms with van der Waals surface area (Å²) >= 11 is 0. The Morgan fingerprint density at radius 2 is 1.41 bits per heavy atom. The molecule has 2 rings (SSSR count). The molecule has 13 heteroatoms. The lowest BCUT2D eigenvalue weighted by Crippen LogP contribution is -2.17. The number of nitrogens with one attached hydrogen (secondary N) is 3. The summed E-state index contributed by atoms with van der Waals surface area (Å²) in [5.74, 6) is 0.827. The van der Waals surface area contributed by atoms with E-state index in [1.165, 1.54) is 24.3 Å². The maximum atomic E-state index is 12.3. The molecule has 0 aliphatic heterocycles. The van der Waals surface area contributed by atoms with Crippen molar-refractivity contribution in [3.05, 3.63) is 29.8 Å². The molecule has 0 unspecified atom stereocenters. The average molecular weight is 488 g/mol. The van der Waals surface area contributed by atoms with Crippen LogP contribution in [0.1, 0.15) is 25.3 Å². The van der Waals surface area contributed by atoms with Crippen LogP contribution in [0.4, 0.5) is 31.0 Å². The van der Waals surface area contributed by atoms with Gasteiger partial charge in [-0.05, 0) is 24.1 Å².